The van der Waals surface area contributed by atoms with Crippen molar-refractivity contribution in [3.8, 4) is 0 Å². The lowest BCUT2D eigenvalue weighted by molar-refractivity contribution is -0.139. The number of amides is 1. The summed E-state index contributed by atoms with van der Waals surface area (Å²) in [5.74, 6) is -1.10. The number of halogens is 1. The van der Waals surface area contributed by atoms with Crippen molar-refractivity contribution in [2.24, 2.45) is 0 Å². The van der Waals surface area contributed by atoms with Crippen molar-refractivity contribution in [1.82, 2.24) is 5.32 Å². The van der Waals surface area contributed by atoms with E-state index >= 15 is 0 Å². The van der Waals surface area contributed by atoms with Gasteiger partial charge in [0, 0.05) is 10.9 Å². The maximum Gasteiger partial charge on any atom is 0.407 e. The van der Waals surface area contributed by atoms with Crippen molar-refractivity contribution in [1.29, 1.82) is 0 Å². The fourth-order valence-corrected chi connectivity index (χ4v) is 1.52. The first kappa shape index (κ1) is 13.5. The van der Waals surface area contributed by atoms with E-state index < -0.39 is 18.1 Å². The van der Waals surface area contributed by atoms with Crippen LogP contribution >= 0.6 is 15.9 Å². The van der Waals surface area contributed by atoms with Gasteiger partial charge in [-0.05, 0) is 17.7 Å². The zero-order valence-electron chi connectivity index (χ0n) is 9.14. The van der Waals surface area contributed by atoms with Crippen molar-refractivity contribution >= 4 is 28.0 Å². The number of hydrogen-bond acceptors (Lipinski definition) is 3. The Morgan fingerprint density at radius 1 is 1.41 bits per heavy atom. The molecule has 0 unspecified atom stereocenters. The number of rotatable bonds is 4. The highest BCUT2D eigenvalue weighted by Crippen LogP contribution is 2.12. The third-order valence-electron chi connectivity index (χ3n) is 2.13. The van der Waals surface area contributed by atoms with Crippen LogP contribution in [-0.4, -0.2) is 30.3 Å². The second-order valence-electron chi connectivity index (χ2n) is 3.36. The minimum absolute atomic E-state index is 0.206. The number of ether oxygens (including phenoxy) is 1. The number of carbonyl (C=O) groups is 2. The lowest BCUT2D eigenvalue weighted by atomic mass is 10.1. The van der Waals surface area contributed by atoms with E-state index in [9.17, 15) is 9.59 Å². The molecule has 1 atom stereocenters. The standard InChI is InChI=1S/C11H12BrNO4/c1-17-11(16)13-9(10(14)15)6-7-2-4-8(12)5-3-7/h2-5,9H,6H2,1H3,(H,13,16)(H,14,15)/t9-/m0/s1. The monoisotopic (exact) mass is 301 g/mol. The largest absolute Gasteiger partial charge is 0.480 e. The first-order valence-corrected chi connectivity index (χ1v) is 5.64. The Hall–Kier alpha value is -1.56. The van der Waals surface area contributed by atoms with Crippen LogP contribution in [0.5, 0.6) is 0 Å². The third-order valence-corrected chi connectivity index (χ3v) is 2.66. The molecule has 0 aliphatic heterocycles. The van der Waals surface area contributed by atoms with Crippen LogP contribution in [0.25, 0.3) is 0 Å². The van der Waals surface area contributed by atoms with Crippen LogP contribution in [0.4, 0.5) is 4.79 Å². The molecule has 1 aromatic carbocycles. The molecule has 1 amide bonds. The number of aliphatic carboxylic acids is 1. The molecule has 0 fully saturated rings. The van der Waals surface area contributed by atoms with Crippen LogP contribution in [0.1, 0.15) is 5.56 Å². The average Bonchev–Trinajstić information content (AvgIpc) is 2.30. The molecule has 0 aromatic heterocycles. The van der Waals surface area contributed by atoms with E-state index in [0.717, 1.165) is 10.0 Å². The van der Waals surface area contributed by atoms with Gasteiger partial charge < -0.3 is 15.2 Å². The number of carbonyl (C=O) groups excluding carboxylic acids is 1. The SMILES string of the molecule is COC(=O)N[C@@H](Cc1ccc(Br)cc1)C(=O)O. The highest BCUT2D eigenvalue weighted by molar-refractivity contribution is 9.10. The minimum Gasteiger partial charge on any atom is -0.480 e. The molecule has 0 saturated carbocycles. The van der Waals surface area contributed by atoms with Crippen LogP contribution < -0.4 is 5.32 Å². The quantitative estimate of drug-likeness (QED) is 0.889. The average molecular weight is 302 g/mol. The summed E-state index contributed by atoms with van der Waals surface area (Å²) in [7, 11) is 1.19. The van der Waals surface area contributed by atoms with Gasteiger partial charge in [-0.2, -0.15) is 0 Å². The van der Waals surface area contributed by atoms with Gasteiger partial charge in [0.15, 0.2) is 0 Å². The Balaban J connectivity index is 2.70. The van der Waals surface area contributed by atoms with Gasteiger partial charge in [-0.25, -0.2) is 9.59 Å². The number of nitrogens with one attached hydrogen (secondary N) is 1. The van der Waals surface area contributed by atoms with E-state index in [-0.39, 0.29) is 6.42 Å². The maximum absolute atomic E-state index is 11.0. The van der Waals surface area contributed by atoms with Crippen molar-refractivity contribution in [3.05, 3.63) is 34.3 Å². The molecule has 0 radical (unpaired) electrons. The summed E-state index contributed by atoms with van der Waals surface area (Å²) in [5.41, 5.74) is 0.817. The molecule has 0 saturated heterocycles. The predicted octanol–water partition coefficient (Wildman–Crippen LogP) is 1.80. The highest BCUT2D eigenvalue weighted by atomic mass is 79.9. The molecule has 0 heterocycles. The van der Waals surface area contributed by atoms with E-state index in [1.165, 1.54) is 7.11 Å². The number of benzene rings is 1. The van der Waals surface area contributed by atoms with Crippen LogP contribution in [0.15, 0.2) is 28.7 Å². The Labute approximate surface area is 107 Å². The number of methoxy groups -OCH3 is 1. The molecule has 0 aliphatic carbocycles. The molecule has 5 nitrogen and oxygen atoms in total. The van der Waals surface area contributed by atoms with Crippen LogP contribution in [0.3, 0.4) is 0 Å². The Bertz CT molecular complexity index is 404. The summed E-state index contributed by atoms with van der Waals surface area (Å²) in [5, 5.41) is 11.2. The molecule has 6 heteroatoms. The van der Waals surface area contributed by atoms with Gasteiger partial charge in [0.2, 0.25) is 0 Å². The van der Waals surface area contributed by atoms with E-state index in [1.807, 2.05) is 12.1 Å². The Morgan fingerprint density at radius 3 is 2.47 bits per heavy atom. The zero-order chi connectivity index (χ0) is 12.8. The normalized spacial score (nSPS) is 11.6. The summed E-state index contributed by atoms with van der Waals surface area (Å²) >= 11 is 3.29. The van der Waals surface area contributed by atoms with Gasteiger partial charge in [-0.1, -0.05) is 28.1 Å². The summed E-state index contributed by atoms with van der Waals surface area (Å²) in [6.07, 6.45) is -0.549. The lowest BCUT2D eigenvalue weighted by Crippen LogP contribution is -2.42. The Kier molecular flexibility index (Phi) is 4.96. The minimum atomic E-state index is -1.10. The van der Waals surface area contributed by atoms with Crippen LogP contribution in [0.2, 0.25) is 0 Å². The maximum atomic E-state index is 11.0. The van der Waals surface area contributed by atoms with Crippen molar-refractivity contribution < 1.29 is 19.4 Å². The fraction of sp³-hybridized carbons (Fsp3) is 0.273. The highest BCUT2D eigenvalue weighted by Gasteiger charge is 2.20. The van der Waals surface area contributed by atoms with Crippen LogP contribution in [-0.2, 0) is 16.0 Å². The first-order chi connectivity index (χ1) is 8.02. The molecular formula is C11H12BrNO4. The van der Waals surface area contributed by atoms with Crippen LogP contribution in [0, 0.1) is 0 Å². The van der Waals surface area contributed by atoms with Crippen molar-refractivity contribution in [2.45, 2.75) is 12.5 Å². The summed E-state index contributed by atoms with van der Waals surface area (Å²) < 4.78 is 5.28. The van der Waals surface area contributed by atoms with Crippen molar-refractivity contribution in [3.63, 3.8) is 0 Å². The third kappa shape index (κ3) is 4.44. The number of carboxylic acid groups (broad SMARTS) is 1. The van der Waals surface area contributed by atoms with Gasteiger partial charge in [0.1, 0.15) is 6.04 Å². The number of alkyl carbamates (subject to hydrolysis) is 1. The predicted molar refractivity (Wildman–Crippen MR) is 64.8 cm³/mol. The molecule has 0 bridgehead atoms. The van der Waals surface area contributed by atoms with E-state index in [0.29, 0.717) is 0 Å². The fourth-order valence-electron chi connectivity index (χ4n) is 1.26. The lowest BCUT2D eigenvalue weighted by Gasteiger charge is -2.13. The summed E-state index contributed by atoms with van der Waals surface area (Å²) in [4.78, 5) is 21.9. The van der Waals surface area contributed by atoms with Gasteiger partial charge in [-0.15, -0.1) is 0 Å². The first-order valence-electron chi connectivity index (χ1n) is 4.84. The summed E-state index contributed by atoms with van der Waals surface area (Å²) in [6.45, 7) is 0. The number of hydrogen-bond donors (Lipinski definition) is 2. The smallest absolute Gasteiger partial charge is 0.407 e. The molecule has 0 spiro atoms. The van der Waals surface area contributed by atoms with Gasteiger partial charge in [0.25, 0.3) is 0 Å². The topological polar surface area (TPSA) is 75.6 Å². The second-order valence-corrected chi connectivity index (χ2v) is 4.27. The van der Waals surface area contributed by atoms with Gasteiger partial charge in [-0.3, -0.25) is 0 Å². The van der Waals surface area contributed by atoms with Gasteiger partial charge in [0.05, 0.1) is 7.11 Å². The van der Waals surface area contributed by atoms with E-state index in [2.05, 4.69) is 26.0 Å². The molecule has 1 rings (SSSR count). The Morgan fingerprint density at radius 2 is 2.00 bits per heavy atom. The summed E-state index contributed by atoms with van der Waals surface area (Å²) in [6, 6.07) is 6.21. The molecular weight excluding hydrogens is 290 g/mol. The van der Waals surface area contributed by atoms with Gasteiger partial charge >= 0.3 is 12.1 Å². The van der Waals surface area contributed by atoms with E-state index in [1.54, 1.807) is 12.1 Å². The molecule has 17 heavy (non-hydrogen) atoms. The molecule has 92 valence electrons. The molecule has 0 aliphatic rings. The zero-order valence-corrected chi connectivity index (χ0v) is 10.7. The molecule has 2 N–H and O–H groups in total. The second kappa shape index (κ2) is 6.24. The molecule has 1 aromatic rings. The number of carboxylic acids is 1. The van der Waals surface area contributed by atoms with Crippen molar-refractivity contribution in [2.75, 3.05) is 7.11 Å². The van der Waals surface area contributed by atoms with E-state index in [4.69, 9.17) is 5.11 Å².